The third-order valence-corrected chi connectivity index (χ3v) is 3.27. The zero-order valence-electron chi connectivity index (χ0n) is 10.7. The lowest BCUT2D eigenvalue weighted by Crippen LogP contribution is -2.51. The fraction of sp³-hybridized carbons (Fsp3) is 0.917. The third-order valence-electron chi connectivity index (χ3n) is 3.27. The van der Waals surface area contributed by atoms with Crippen LogP contribution in [0.2, 0.25) is 0 Å². The van der Waals surface area contributed by atoms with Crippen molar-refractivity contribution in [3.05, 3.63) is 0 Å². The summed E-state index contributed by atoms with van der Waals surface area (Å²) >= 11 is 0. The first-order valence-corrected chi connectivity index (χ1v) is 6.25. The summed E-state index contributed by atoms with van der Waals surface area (Å²) in [6.07, 6.45) is 1.69. The van der Waals surface area contributed by atoms with Gasteiger partial charge in [-0.25, -0.2) is 0 Å². The van der Waals surface area contributed by atoms with Crippen molar-refractivity contribution in [2.24, 2.45) is 0 Å². The van der Waals surface area contributed by atoms with E-state index >= 15 is 0 Å². The fourth-order valence-electron chi connectivity index (χ4n) is 2.14. The van der Waals surface area contributed by atoms with Gasteiger partial charge in [-0.15, -0.1) is 0 Å². The standard InChI is InChI=1S/C12H24N2O2/c1-4-11-10-14(9-8-13(11)3)7-6-12(15)16-5-2/h11H,4-10H2,1-3H3. The van der Waals surface area contributed by atoms with Crippen LogP contribution >= 0.6 is 0 Å². The largest absolute Gasteiger partial charge is 0.466 e. The van der Waals surface area contributed by atoms with Gasteiger partial charge in [-0.2, -0.15) is 0 Å². The summed E-state index contributed by atoms with van der Waals surface area (Å²) in [5.41, 5.74) is 0. The lowest BCUT2D eigenvalue weighted by molar-refractivity contribution is -0.143. The molecule has 0 radical (unpaired) electrons. The highest BCUT2D eigenvalue weighted by atomic mass is 16.5. The molecule has 4 nitrogen and oxygen atoms in total. The molecule has 16 heavy (non-hydrogen) atoms. The lowest BCUT2D eigenvalue weighted by Gasteiger charge is -2.39. The van der Waals surface area contributed by atoms with Crippen LogP contribution in [0.3, 0.4) is 0 Å². The molecule has 0 spiro atoms. The molecule has 1 heterocycles. The van der Waals surface area contributed by atoms with Crippen molar-refractivity contribution in [2.75, 3.05) is 39.8 Å². The summed E-state index contributed by atoms with van der Waals surface area (Å²) in [4.78, 5) is 16.0. The van der Waals surface area contributed by atoms with Crippen LogP contribution in [-0.2, 0) is 9.53 Å². The highest BCUT2D eigenvalue weighted by Gasteiger charge is 2.22. The Bertz CT molecular complexity index is 221. The molecule has 0 aliphatic carbocycles. The van der Waals surface area contributed by atoms with Crippen molar-refractivity contribution >= 4 is 5.97 Å². The Morgan fingerprint density at radius 3 is 2.75 bits per heavy atom. The van der Waals surface area contributed by atoms with Gasteiger partial charge in [0, 0.05) is 32.2 Å². The van der Waals surface area contributed by atoms with Gasteiger partial charge in [0.2, 0.25) is 0 Å². The molecule has 0 aromatic carbocycles. The smallest absolute Gasteiger partial charge is 0.307 e. The van der Waals surface area contributed by atoms with Crippen molar-refractivity contribution in [1.29, 1.82) is 0 Å². The fourth-order valence-corrected chi connectivity index (χ4v) is 2.14. The monoisotopic (exact) mass is 228 g/mol. The minimum Gasteiger partial charge on any atom is -0.466 e. The van der Waals surface area contributed by atoms with Crippen molar-refractivity contribution in [3.8, 4) is 0 Å². The molecule has 1 aliphatic rings. The van der Waals surface area contributed by atoms with Gasteiger partial charge >= 0.3 is 5.97 Å². The van der Waals surface area contributed by atoms with E-state index in [-0.39, 0.29) is 5.97 Å². The zero-order chi connectivity index (χ0) is 12.0. The third kappa shape index (κ3) is 4.10. The van der Waals surface area contributed by atoms with E-state index in [2.05, 4.69) is 23.8 Å². The van der Waals surface area contributed by atoms with Crippen LogP contribution in [0.25, 0.3) is 0 Å². The van der Waals surface area contributed by atoms with E-state index in [0.717, 1.165) is 26.2 Å². The van der Waals surface area contributed by atoms with Crippen molar-refractivity contribution in [1.82, 2.24) is 9.80 Å². The summed E-state index contributed by atoms with van der Waals surface area (Å²) in [6.45, 7) is 8.62. The Morgan fingerprint density at radius 1 is 1.38 bits per heavy atom. The molecule has 1 unspecified atom stereocenters. The number of hydrogen-bond donors (Lipinski definition) is 0. The number of esters is 1. The van der Waals surface area contributed by atoms with Gasteiger partial charge in [-0.05, 0) is 20.4 Å². The summed E-state index contributed by atoms with van der Waals surface area (Å²) in [5.74, 6) is -0.0746. The van der Waals surface area contributed by atoms with E-state index in [1.54, 1.807) is 0 Å². The maximum atomic E-state index is 11.2. The molecular weight excluding hydrogens is 204 g/mol. The second kappa shape index (κ2) is 6.86. The minimum absolute atomic E-state index is 0.0746. The summed E-state index contributed by atoms with van der Waals surface area (Å²) in [5, 5.41) is 0. The quantitative estimate of drug-likeness (QED) is 0.656. The first-order chi connectivity index (χ1) is 7.67. The van der Waals surface area contributed by atoms with E-state index in [0.29, 0.717) is 19.1 Å². The van der Waals surface area contributed by atoms with E-state index in [1.807, 2.05) is 6.92 Å². The topological polar surface area (TPSA) is 32.8 Å². The number of likely N-dealkylation sites (N-methyl/N-ethyl adjacent to an activating group) is 1. The second-order valence-electron chi connectivity index (χ2n) is 4.40. The molecule has 0 N–H and O–H groups in total. The summed E-state index contributed by atoms with van der Waals surface area (Å²) in [7, 11) is 2.18. The van der Waals surface area contributed by atoms with Gasteiger partial charge in [0.05, 0.1) is 13.0 Å². The van der Waals surface area contributed by atoms with Crippen LogP contribution < -0.4 is 0 Å². The van der Waals surface area contributed by atoms with Crippen LogP contribution in [0.1, 0.15) is 26.7 Å². The normalized spacial score (nSPS) is 23.3. The molecule has 0 saturated carbocycles. The van der Waals surface area contributed by atoms with E-state index < -0.39 is 0 Å². The Kier molecular flexibility index (Phi) is 5.77. The average Bonchev–Trinajstić information content (AvgIpc) is 2.28. The number of hydrogen-bond acceptors (Lipinski definition) is 4. The number of carbonyl (C=O) groups is 1. The molecule has 0 aromatic heterocycles. The number of piperazine rings is 1. The molecule has 1 rings (SSSR count). The number of carbonyl (C=O) groups excluding carboxylic acids is 1. The number of rotatable bonds is 5. The van der Waals surface area contributed by atoms with Crippen LogP contribution in [0, 0.1) is 0 Å². The number of nitrogens with zero attached hydrogens (tertiary/aromatic N) is 2. The SMILES string of the molecule is CCOC(=O)CCN1CCN(C)C(CC)C1. The highest BCUT2D eigenvalue weighted by molar-refractivity contribution is 5.69. The van der Waals surface area contributed by atoms with Gasteiger partial charge in [0.1, 0.15) is 0 Å². The Labute approximate surface area is 98.5 Å². The van der Waals surface area contributed by atoms with Crippen LogP contribution in [0.4, 0.5) is 0 Å². The van der Waals surface area contributed by atoms with Crippen molar-refractivity contribution < 1.29 is 9.53 Å². The molecule has 1 atom stereocenters. The van der Waals surface area contributed by atoms with Gasteiger partial charge < -0.3 is 9.64 Å². The van der Waals surface area contributed by atoms with E-state index in [9.17, 15) is 4.79 Å². The first-order valence-electron chi connectivity index (χ1n) is 6.25. The molecule has 1 saturated heterocycles. The summed E-state index contributed by atoms with van der Waals surface area (Å²) < 4.78 is 4.93. The molecule has 0 aromatic rings. The molecule has 4 heteroatoms. The van der Waals surface area contributed by atoms with Gasteiger partial charge in [0.25, 0.3) is 0 Å². The van der Waals surface area contributed by atoms with Crippen LogP contribution in [0.5, 0.6) is 0 Å². The molecule has 0 amide bonds. The van der Waals surface area contributed by atoms with Crippen LogP contribution in [0.15, 0.2) is 0 Å². The van der Waals surface area contributed by atoms with Gasteiger partial charge in [-0.1, -0.05) is 6.92 Å². The zero-order valence-corrected chi connectivity index (χ0v) is 10.7. The Morgan fingerprint density at radius 2 is 2.12 bits per heavy atom. The maximum absolute atomic E-state index is 11.2. The lowest BCUT2D eigenvalue weighted by atomic mass is 10.1. The first kappa shape index (κ1) is 13.5. The Hall–Kier alpha value is -0.610. The van der Waals surface area contributed by atoms with Gasteiger partial charge in [0.15, 0.2) is 0 Å². The molecule has 0 bridgehead atoms. The van der Waals surface area contributed by atoms with Gasteiger partial charge in [-0.3, -0.25) is 9.69 Å². The van der Waals surface area contributed by atoms with E-state index in [1.165, 1.54) is 6.42 Å². The average molecular weight is 228 g/mol. The van der Waals surface area contributed by atoms with Crippen molar-refractivity contribution in [3.63, 3.8) is 0 Å². The number of ether oxygens (including phenoxy) is 1. The second-order valence-corrected chi connectivity index (χ2v) is 4.40. The molecule has 94 valence electrons. The maximum Gasteiger partial charge on any atom is 0.307 e. The summed E-state index contributed by atoms with van der Waals surface area (Å²) in [6, 6.07) is 0.635. The Balaban J connectivity index is 2.25. The highest BCUT2D eigenvalue weighted by Crippen LogP contribution is 2.10. The predicted octanol–water partition coefficient (Wildman–Crippen LogP) is 0.966. The van der Waals surface area contributed by atoms with E-state index in [4.69, 9.17) is 4.74 Å². The van der Waals surface area contributed by atoms with Crippen molar-refractivity contribution in [2.45, 2.75) is 32.7 Å². The molecule has 1 aliphatic heterocycles. The molecule has 1 fully saturated rings. The predicted molar refractivity (Wildman–Crippen MR) is 64.4 cm³/mol. The molecular formula is C12H24N2O2. The minimum atomic E-state index is -0.0746. The van der Waals surface area contributed by atoms with Crippen LogP contribution in [-0.4, -0.2) is 61.6 Å².